The van der Waals surface area contributed by atoms with E-state index in [2.05, 4.69) is 54.2 Å². The van der Waals surface area contributed by atoms with Crippen LogP contribution in [0.3, 0.4) is 0 Å². The van der Waals surface area contributed by atoms with Crippen LogP contribution in [0.25, 0.3) is 0 Å². The van der Waals surface area contributed by atoms with E-state index in [1.807, 2.05) is 5.54 Å². The van der Waals surface area contributed by atoms with E-state index in [-0.39, 0.29) is 22.9 Å². The van der Waals surface area contributed by atoms with Gasteiger partial charge in [-0.3, -0.25) is 4.79 Å². The van der Waals surface area contributed by atoms with Crippen molar-refractivity contribution in [1.29, 1.82) is 0 Å². The smallest absolute Gasteiger partial charge is 0.302 e. The third-order valence-corrected chi connectivity index (χ3v) is 13.9. The Labute approximate surface area is 226 Å². The summed E-state index contributed by atoms with van der Waals surface area (Å²) < 4.78 is 5.92. The highest BCUT2D eigenvalue weighted by molar-refractivity contribution is 6.25. The molecule has 0 aromatic heterocycles. The van der Waals surface area contributed by atoms with Crippen LogP contribution in [-0.4, -0.2) is 12.1 Å². The van der Waals surface area contributed by atoms with Gasteiger partial charge in [-0.15, -0.1) is 0 Å². The van der Waals surface area contributed by atoms with Crippen LogP contribution in [-0.2, 0) is 9.53 Å². The standard InChI is InChI=1S/C33H51ClO2/c1-21(2)23-11-16-33(19-20-34)18-17-31(7)24(28(23)33)9-10-26-30(6)14-13-27(36-22(3)35)29(4,5)25(30)12-15-32(26,31)8/h19-20,23-28H,1,9-18H2,2-8H3/b20-19+/t23?,24?,25?,26?,27-,28?,30-,31+,32+,33+/m0/s1. The molecule has 0 radical (unpaired) electrons. The zero-order valence-electron chi connectivity index (χ0n) is 24.1. The van der Waals surface area contributed by atoms with Gasteiger partial charge in [0.05, 0.1) is 0 Å². The Bertz CT molecular complexity index is 951. The highest BCUT2D eigenvalue weighted by Crippen LogP contribution is 2.77. The largest absolute Gasteiger partial charge is 0.462 e. The van der Waals surface area contributed by atoms with Crippen molar-refractivity contribution in [1.82, 2.24) is 0 Å². The van der Waals surface area contributed by atoms with Crippen molar-refractivity contribution in [2.75, 3.05) is 0 Å². The van der Waals surface area contributed by atoms with Crippen LogP contribution < -0.4 is 0 Å². The minimum Gasteiger partial charge on any atom is -0.462 e. The van der Waals surface area contributed by atoms with E-state index in [0.717, 1.165) is 18.3 Å². The Morgan fingerprint density at radius 1 is 0.861 bits per heavy atom. The Kier molecular flexibility index (Phi) is 6.43. The molecule has 0 aromatic carbocycles. The summed E-state index contributed by atoms with van der Waals surface area (Å²) in [5.41, 5.74) is 4.54. The van der Waals surface area contributed by atoms with Crippen molar-refractivity contribution in [2.45, 2.75) is 119 Å². The molecule has 3 heteroatoms. The first-order valence-electron chi connectivity index (χ1n) is 14.9. The second kappa shape index (κ2) is 8.62. The summed E-state index contributed by atoms with van der Waals surface area (Å²) in [6.07, 6.45) is 15.1. The number of ether oxygens (including phenoxy) is 1. The van der Waals surface area contributed by atoms with Crippen molar-refractivity contribution >= 4 is 17.6 Å². The van der Waals surface area contributed by atoms with Gasteiger partial charge in [0.15, 0.2) is 0 Å². The maximum absolute atomic E-state index is 11.9. The molecule has 5 saturated carbocycles. The fraction of sp³-hybridized carbons (Fsp3) is 0.848. The highest BCUT2D eigenvalue weighted by atomic mass is 35.5. The molecule has 5 aliphatic rings. The number of carbonyl (C=O) groups excluding carboxylic acids is 1. The van der Waals surface area contributed by atoms with Crippen LogP contribution in [0.2, 0.25) is 0 Å². The molecular formula is C33H51ClO2. The summed E-state index contributed by atoms with van der Waals surface area (Å²) >= 11 is 6.30. The van der Waals surface area contributed by atoms with Crippen molar-refractivity contribution in [3.05, 3.63) is 23.8 Å². The molecule has 5 fully saturated rings. The molecule has 0 aromatic rings. The number of fused-ring (bicyclic) bond motifs is 7. The molecule has 202 valence electrons. The van der Waals surface area contributed by atoms with E-state index in [1.165, 1.54) is 63.4 Å². The van der Waals surface area contributed by atoms with Crippen LogP contribution in [0, 0.1) is 56.7 Å². The molecule has 5 unspecified atom stereocenters. The van der Waals surface area contributed by atoms with Crippen molar-refractivity contribution in [2.24, 2.45) is 56.7 Å². The first-order valence-corrected chi connectivity index (χ1v) is 15.3. The predicted molar refractivity (Wildman–Crippen MR) is 150 cm³/mol. The molecule has 2 nitrogen and oxygen atoms in total. The zero-order valence-corrected chi connectivity index (χ0v) is 24.8. The van der Waals surface area contributed by atoms with Crippen LogP contribution in [0.1, 0.15) is 113 Å². The Morgan fingerprint density at radius 3 is 2.22 bits per heavy atom. The summed E-state index contributed by atoms with van der Waals surface area (Å²) in [4.78, 5) is 11.9. The van der Waals surface area contributed by atoms with Gasteiger partial charge in [-0.1, -0.05) is 64.4 Å². The summed E-state index contributed by atoms with van der Waals surface area (Å²) in [6, 6.07) is 0. The van der Waals surface area contributed by atoms with E-state index in [9.17, 15) is 4.79 Å². The van der Waals surface area contributed by atoms with Crippen LogP contribution in [0.4, 0.5) is 0 Å². The third-order valence-electron chi connectivity index (χ3n) is 13.8. The Hall–Kier alpha value is -0.760. The average Bonchev–Trinajstić information content (AvgIpc) is 3.16. The van der Waals surface area contributed by atoms with Crippen LogP contribution in [0.5, 0.6) is 0 Å². The second-order valence-corrected chi connectivity index (χ2v) is 15.4. The third kappa shape index (κ3) is 3.44. The van der Waals surface area contributed by atoms with Crippen molar-refractivity contribution in [3.8, 4) is 0 Å². The Morgan fingerprint density at radius 2 is 1.58 bits per heavy atom. The summed E-state index contributed by atoms with van der Waals surface area (Å²) in [5, 5.41) is 0. The maximum atomic E-state index is 11.9. The number of allylic oxidation sites excluding steroid dienone is 2. The van der Waals surface area contributed by atoms with Gasteiger partial charge < -0.3 is 4.74 Å². The van der Waals surface area contributed by atoms with Gasteiger partial charge in [-0.25, -0.2) is 0 Å². The lowest BCUT2D eigenvalue weighted by molar-refractivity contribution is -0.247. The number of esters is 1. The van der Waals surface area contributed by atoms with E-state index >= 15 is 0 Å². The average molecular weight is 515 g/mol. The molecule has 0 saturated heterocycles. The van der Waals surface area contributed by atoms with E-state index in [0.29, 0.717) is 34.0 Å². The minimum atomic E-state index is -0.120. The summed E-state index contributed by atoms with van der Waals surface area (Å²) in [7, 11) is 0. The number of rotatable bonds is 3. The molecule has 0 aliphatic heterocycles. The number of carbonyl (C=O) groups is 1. The minimum absolute atomic E-state index is 0.0289. The lowest BCUT2D eigenvalue weighted by Crippen LogP contribution is -2.66. The molecular weight excluding hydrogens is 464 g/mol. The van der Waals surface area contributed by atoms with Crippen LogP contribution in [0.15, 0.2) is 23.8 Å². The van der Waals surface area contributed by atoms with E-state index in [4.69, 9.17) is 16.3 Å². The van der Waals surface area contributed by atoms with Gasteiger partial charge in [0.1, 0.15) is 6.10 Å². The first-order chi connectivity index (χ1) is 16.8. The van der Waals surface area contributed by atoms with Gasteiger partial charge in [-0.05, 0) is 122 Å². The maximum Gasteiger partial charge on any atom is 0.302 e. The van der Waals surface area contributed by atoms with Gasteiger partial charge in [0, 0.05) is 17.9 Å². The highest BCUT2D eigenvalue weighted by Gasteiger charge is 2.70. The Balaban J connectivity index is 1.52. The molecule has 5 rings (SSSR count). The predicted octanol–water partition coefficient (Wildman–Crippen LogP) is 9.33. The zero-order chi connectivity index (χ0) is 26.3. The number of hydrogen-bond donors (Lipinski definition) is 0. The van der Waals surface area contributed by atoms with Crippen molar-refractivity contribution < 1.29 is 9.53 Å². The fourth-order valence-corrected chi connectivity index (χ4v) is 12.2. The van der Waals surface area contributed by atoms with E-state index in [1.54, 1.807) is 6.92 Å². The lowest BCUT2D eigenvalue weighted by Gasteiger charge is -2.73. The molecule has 10 atom stereocenters. The quantitative estimate of drug-likeness (QED) is 0.277. The lowest BCUT2D eigenvalue weighted by atomic mass is 9.32. The number of hydrogen-bond acceptors (Lipinski definition) is 2. The SMILES string of the molecule is C=C(C)C1CC[C@]2(/C=C/Cl)CC[C@]3(C)C(CCC4[C@@]5(C)CC[C@H](OC(C)=O)C(C)(C)C5CC[C@]43C)C12. The molecule has 0 spiro atoms. The summed E-state index contributed by atoms with van der Waals surface area (Å²) in [5.74, 6) is 3.29. The normalized spacial score (nSPS) is 51.6. The second-order valence-electron chi connectivity index (χ2n) is 15.2. The molecule has 5 aliphatic carbocycles. The molecule has 36 heavy (non-hydrogen) atoms. The van der Waals surface area contributed by atoms with Crippen LogP contribution >= 0.6 is 11.6 Å². The van der Waals surface area contributed by atoms with Crippen molar-refractivity contribution in [3.63, 3.8) is 0 Å². The number of halogens is 1. The van der Waals surface area contributed by atoms with Gasteiger partial charge in [0.25, 0.3) is 0 Å². The molecule has 0 amide bonds. The summed E-state index contributed by atoms with van der Waals surface area (Å²) in [6.45, 7) is 21.2. The molecule has 0 bridgehead atoms. The van der Waals surface area contributed by atoms with Gasteiger partial charge in [0.2, 0.25) is 0 Å². The topological polar surface area (TPSA) is 26.3 Å². The van der Waals surface area contributed by atoms with E-state index < -0.39 is 0 Å². The molecule has 0 heterocycles. The first kappa shape index (κ1) is 26.8. The molecule has 0 N–H and O–H groups in total. The monoisotopic (exact) mass is 514 g/mol. The fourth-order valence-electron chi connectivity index (χ4n) is 12.0. The van der Waals surface area contributed by atoms with Gasteiger partial charge >= 0.3 is 5.97 Å². The van der Waals surface area contributed by atoms with Gasteiger partial charge in [-0.2, -0.15) is 0 Å².